The summed E-state index contributed by atoms with van der Waals surface area (Å²) < 4.78 is 0. The minimum Gasteiger partial charge on any atom is -0.396 e. The van der Waals surface area contributed by atoms with E-state index in [4.69, 9.17) is 5.11 Å². The van der Waals surface area contributed by atoms with Gasteiger partial charge in [0.05, 0.1) is 17.9 Å². The molecule has 4 nitrogen and oxygen atoms in total. The first-order valence-corrected chi connectivity index (χ1v) is 5.90. The molecule has 1 aliphatic heterocycles. The zero-order valence-corrected chi connectivity index (χ0v) is 10.3. The van der Waals surface area contributed by atoms with E-state index in [1.54, 1.807) is 4.90 Å². The number of aliphatic hydroxyl groups excluding tert-OH is 1. The van der Waals surface area contributed by atoms with Crippen LogP contribution >= 0.6 is 0 Å². The highest BCUT2D eigenvalue weighted by molar-refractivity contribution is 6.02. The van der Waals surface area contributed by atoms with Crippen LogP contribution in [0.1, 0.15) is 17.5 Å². The minimum absolute atomic E-state index is 0.0641. The Kier molecular flexibility index (Phi) is 3.33. The first kappa shape index (κ1) is 11.9. The quantitative estimate of drug-likeness (QED) is 0.832. The van der Waals surface area contributed by atoms with Crippen molar-refractivity contribution in [1.82, 2.24) is 0 Å². The number of rotatable bonds is 3. The van der Waals surface area contributed by atoms with Crippen molar-refractivity contribution in [3.05, 3.63) is 23.3 Å². The fourth-order valence-corrected chi connectivity index (χ4v) is 2.04. The highest BCUT2D eigenvalue weighted by Crippen LogP contribution is 2.32. The summed E-state index contributed by atoms with van der Waals surface area (Å²) in [7, 11) is 0. The number of fused-ring (bicyclic) bond motifs is 1. The van der Waals surface area contributed by atoms with Gasteiger partial charge in [0, 0.05) is 13.2 Å². The number of hydrogen-bond donors (Lipinski definition) is 2. The molecule has 0 radical (unpaired) electrons. The Labute approximate surface area is 101 Å². The molecule has 0 aliphatic carbocycles. The minimum atomic E-state index is 0.0641. The van der Waals surface area contributed by atoms with E-state index in [1.807, 2.05) is 13.0 Å². The van der Waals surface area contributed by atoms with E-state index in [2.05, 4.69) is 18.3 Å². The molecule has 0 atom stereocenters. The number of benzene rings is 1. The lowest BCUT2D eigenvalue weighted by atomic mass is 10.1. The standard InChI is InChI=1S/C13H18N2O2/c1-9-6-11-12(7-10(9)2)15(4-3-5-16)13(17)8-14-11/h6-7,14,16H,3-5,8H2,1-2H3. The Balaban J connectivity index is 2.36. The summed E-state index contributed by atoms with van der Waals surface area (Å²) in [6.45, 7) is 5.12. The molecule has 1 aromatic carbocycles. The van der Waals surface area contributed by atoms with Crippen molar-refractivity contribution < 1.29 is 9.90 Å². The second-order valence-corrected chi connectivity index (χ2v) is 4.43. The maximum Gasteiger partial charge on any atom is 0.246 e. The number of carbonyl (C=O) groups is 1. The van der Waals surface area contributed by atoms with E-state index in [0.29, 0.717) is 19.5 Å². The third kappa shape index (κ3) is 2.26. The van der Waals surface area contributed by atoms with E-state index in [-0.39, 0.29) is 12.5 Å². The molecule has 1 amide bonds. The summed E-state index contributed by atoms with van der Waals surface area (Å²) in [5.74, 6) is 0.0641. The van der Waals surface area contributed by atoms with Crippen LogP contribution < -0.4 is 10.2 Å². The van der Waals surface area contributed by atoms with E-state index < -0.39 is 0 Å². The van der Waals surface area contributed by atoms with Gasteiger partial charge in [0.2, 0.25) is 5.91 Å². The van der Waals surface area contributed by atoms with Crippen LogP contribution in [0.4, 0.5) is 11.4 Å². The number of carbonyl (C=O) groups excluding carboxylic acids is 1. The number of aryl methyl sites for hydroxylation is 2. The second kappa shape index (κ2) is 4.75. The molecule has 17 heavy (non-hydrogen) atoms. The lowest BCUT2D eigenvalue weighted by Gasteiger charge is -2.31. The van der Waals surface area contributed by atoms with Gasteiger partial charge in [-0.15, -0.1) is 0 Å². The SMILES string of the molecule is Cc1cc2c(cc1C)N(CCCO)C(=O)CN2. The number of anilines is 2. The van der Waals surface area contributed by atoms with Gasteiger partial charge >= 0.3 is 0 Å². The van der Waals surface area contributed by atoms with Gasteiger partial charge in [0.1, 0.15) is 0 Å². The first-order chi connectivity index (χ1) is 8.13. The van der Waals surface area contributed by atoms with Crippen molar-refractivity contribution in [1.29, 1.82) is 0 Å². The van der Waals surface area contributed by atoms with Crippen LogP contribution in [0.3, 0.4) is 0 Å². The molecule has 1 aliphatic rings. The van der Waals surface area contributed by atoms with Gasteiger partial charge in [0.15, 0.2) is 0 Å². The summed E-state index contributed by atoms with van der Waals surface area (Å²) in [6, 6.07) is 4.11. The molecule has 92 valence electrons. The zero-order valence-electron chi connectivity index (χ0n) is 10.3. The van der Waals surface area contributed by atoms with E-state index >= 15 is 0 Å². The predicted molar refractivity (Wildman–Crippen MR) is 68.5 cm³/mol. The monoisotopic (exact) mass is 234 g/mol. The van der Waals surface area contributed by atoms with Crippen LogP contribution in [0.2, 0.25) is 0 Å². The van der Waals surface area contributed by atoms with Crippen LogP contribution in [-0.4, -0.2) is 30.7 Å². The fourth-order valence-electron chi connectivity index (χ4n) is 2.04. The molecule has 0 unspecified atom stereocenters. The van der Waals surface area contributed by atoms with Crippen molar-refractivity contribution in [3.63, 3.8) is 0 Å². The molecule has 0 saturated carbocycles. The number of amides is 1. The second-order valence-electron chi connectivity index (χ2n) is 4.43. The first-order valence-electron chi connectivity index (χ1n) is 5.90. The Bertz CT molecular complexity index is 443. The fraction of sp³-hybridized carbons (Fsp3) is 0.462. The highest BCUT2D eigenvalue weighted by atomic mass is 16.3. The lowest BCUT2D eigenvalue weighted by molar-refractivity contribution is -0.117. The van der Waals surface area contributed by atoms with E-state index in [1.165, 1.54) is 11.1 Å². The maximum absolute atomic E-state index is 11.8. The maximum atomic E-state index is 11.8. The number of nitrogens with zero attached hydrogens (tertiary/aromatic N) is 1. The van der Waals surface area contributed by atoms with Gasteiger partial charge in [-0.25, -0.2) is 0 Å². The Hall–Kier alpha value is -1.55. The molecule has 2 rings (SSSR count). The molecule has 0 spiro atoms. The molecular formula is C13H18N2O2. The summed E-state index contributed by atoms with van der Waals surface area (Å²) in [5.41, 5.74) is 4.32. The van der Waals surface area contributed by atoms with Gasteiger partial charge in [-0.2, -0.15) is 0 Å². The van der Waals surface area contributed by atoms with Crippen molar-refractivity contribution in [2.24, 2.45) is 0 Å². The van der Waals surface area contributed by atoms with Crippen LogP contribution in [0, 0.1) is 13.8 Å². The van der Waals surface area contributed by atoms with Gasteiger partial charge in [-0.1, -0.05) is 0 Å². The third-order valence-electron chi connectivity index (χ3n) is 3.17. The summed E-state index contributed by atoms with van der Waals surface area (Å²) in [4.78, 5) is 13.6. The molecule has 2 N–H and O–H groups in total. The molecule has 0 saturated heterocycles. The van der Waals surface area contributed by atoms with Gasteiger partial charge in [0.25, 0.3) is 0 Å². The third-order valence-corrected chi connectivity index (χ3v) is 3.17. The average Bonchev–Trinajstić information content (AvgIpc) is 2.30. The average molecular weight is 234 g/mol. The number of hydrogen-bond acceptors (Lipinski definition) is 3. The Morgan fingerprint density at radius 3 is 2.76 bits per heavy atom. The number of nitrogens with one attached hydrogen (secondary N) is 1. The largest absolute Gasteiger partial charge is 0.396 e. The van der Waals surface area contributed by atoms with Crippen LogP contribution in [-0.2, 0) is 4.79 Å². The van der Waals surface area contributed by atoms with Gasteiger partial charge < -0.3 is 15.3 Å². The summed E-state index contributed by atoms with van der Waals surface area (Å²) in [5, 5.41) is 12.0. The lowest BCUT2D eigenvalue weighted by Crippen LogP contribution is -2.40. The highest BCUT2D eigenvalue weighted by Gasteiger charge is 2.23. The molecule has 1 aromatic rings. The molecule has 1 heterocycles. The van der Waals surface area contributed by atoms with E-state index in [9.17, 15) is 4.79 Å². The van der Waals surface area contributed by atoms with Gasteiger partial charge in [-0.05, 0) is 43.5 Å². The smallest absolute Gasteiger partial charge is 0.246 e. The van der Waals surface area contributed by atoms with Gasteiger partial charge in [-0.3, -0.25) is 4.79 Å². The molecular weight excluding hydrogens is 216 g/mol. The number of aliphatic hydroxyl groups is 1. The van der Waals surface area contributed by atoms with E-state index in [0.717, 1.165) is 11.4 Å². The molecule has 4 heteroatoms. The summed E-state index contributed by atoms with van der Waals surface area (Å²) >= 11 is 0. The van der Waals surface area contributed by atoms with Crippen molar-refractivity contribution in [2.45, 2.75) is 20.3 Å². The molecule has 0 aromatic heterocycles. The van der Waals surface area contributed by atoms with Crippen LogP contribution in [0.5, 0.6) is 0 Å². The van der Waals surface area contributed by atoms with Crippen LogP contribution in [0.15, 0.2) is 12.1 Å². The zero-order chi connectivity index (χ0) is 12.4. The van der Waals surface area contributed by atoms with Crippen LogP contribution in [0.25, 0.3) is 0 Å². The van der Waals surface area contributed by atoms with Crippen molar-refractivity contribution in [2.75, 3.05) is 29.9 Å². The normalized spacial score (nSPS) is 14.5. The van der Waals surface area contributed by atoms with Crippen molar-refractivity contribution >= 4 is 17.3 Å². The van der Waals surface area contributed by atoms with Crippen molar-refractivity contribution in [3.8, 4) is 0 Å². The molecule has 0 bridgehead atoms. The Morgan fingerprint density at radius 1 is 1.35 bits per heavy atom. The molecule has 0 fully saturated rings. The summed E-state index contributed by atoms with van der Waals surface area (Å²) in [6.07, 6.45) is 0.609. The predicted octanol–water partition coefficient (Wildman–Crippen LogP) is 1.44. The topological polar surface area (TPSA) is 52.6 Å². The Morgan fingerprint density at radius 2 is 2.06 bits per heavy atom.